The van der Waals surface area contributed by atoms with Gasteiger partial charge in [0.05, 0.1) is 0 Å². The molecule has 0 aliphatic carbocycles. The lowest BCUT2D eigenvalue weighted by atomic mass is 9.85. The molecule has 0 aliphatic heterocycles. The van der Waals surface area contributed by atoms with Gasteiger partial charge in [0, 0.05) is 167 Å². The van der Waals surface area contributed by atoms with Gasteiger partial charge in [-0.3, -0.25) is 0 Å². The Labute approximate surface area is 892 Å². The molecule has 16 heteroatoms. The standard InChI is InChI=1S/2C42H44N2O2.2C25H38N2O2/c2*1-41(2,3)33-19-11-15-29(39(33)45)25-43-35-23-21-27-13-7-9-17-31(27)37(35)38-32-18-10-8-14-28(32)22-24-36(38)44-26-30-16-12-20-34(40(30)46)42(4,5)6;2*1-17(27-16-19-11-9-13-21(23(19)29)25(5,6)7)14-26-15-18-10-8-12-20(22(18)28)24(2,3)4/h2*7-24,43-46H,25-26H2,1-6H3;2*8-13,17,26-29H,14-16H2,1-7H3/t;;2*17-/m..10/s1. The SMILES string of the molecule is CC(C)(C)c1cccc(CNc2ccc3ccccc3c2-c2c(NCc3cccc(C(C)(C)C)c3O)ccc3ccccc23)c1O.CC(C)(C)c1cccc(CNc2ccc3ccccc3c2-c2c(NCc3cccc(C(C)(C)C)c3O)ccc3ccccc23)c1O.C[C@@H](CNCc1cccc(C(C)(C)C)c1O)NCc1cccc(C(C)(C)C)c1O.C[C@H](CNCc1cccc(C(C)(C)C)c1O)NCc1cccc(C(C)(C)C)c1O. The van der Waals surface area contributed by atoms with Crippen LogP contribution in [-0.2, 0) is 95.7 Å². The Morgan fingerprint density at radius 1 is 0.180 bits per heavy atom. The van der Waals surface area contributed by atoms with Crippen molar-refractivity contribution in [3.63, 3.8) is 0 Å². The van der Waals surface area contributed by atoms with Gasteiger partial charge in [0.1, 0.15) is 46.0 Å². The van der Waals surface area contributed by atoms with Gasteiger partial charge in [-0.1, -0.05) is 433 Å². The Bertz CT molecular complexity index is 6650. The summed E-state index contributed by atoms with van der Waals surface area (Å²) in [4.78, 5) is 0. The van der Waals surface area contributed by atoms with E-state index < -0.39 is 0 Å². The smallest absolute Gasteiger partial charge is 0.124 e. The van der Waals surface area contributed by atoms with Crippen LogP contribution in [0, 0.1) is 0 Å². The lowest BCUT2D eigenvalue weighted by Gasteiger charge is -2.24. The van der Waals surface area contributed by atoms with E-state index in [4.69, 9.17) is 0 Å². The average Bonchev–Trinajstić information content (AvgIpc) is 0.750. The zero-order valence-electron chi connectivity index (χ0n) is 93.5. The fourth-order valence-electron chi connectivity index (χ4n) is 19.8. The third-order valence-electron chi connectivity index (χ3n) is 28.3. The number of nitrogens with one attached hydrogen (secondary N) is 8. The number of anilines is 4. The molecule has 150 heavy (non-hydrogen) atoms. The monoisotopic (exact) mass is 2010 g/mol. The molecule has 2 atom stereocenters. The van der Waals surface area contributed by atoms with Crippen LogP contribution in [0.5, 0.6) is 46.0 Å². The number of hydrogen-bond acceptors (Lipinski definition) is 16. The van der Waals surface area contributed by atoms with E-state index in [1.165, 1.54) is 0 Å². The number of phenols is 8. The van der Waals surface area contributed by atoms with Crippen LogP contribution >= 0.6 is 0 Å². The molecule has 16 nitrogen and oxygen atoms in total. The van der Waals surface area contributed by atoms with Crippen molar-refractivity contribution in [3.8, 4) is 68.2 Å². The minimum atomic E-state index is -0.168. The summed E-state index contributed by atoms with van der Waals surface area (Å²) in [7, 11) is 0. The molecule has 16 rings (SSSR count). The maximum Gasteiger partial charge on any atom is 0.124 e. The zero-order valence-corrected chi connectivity index (χ0v) is 93.5. The van der Waals surface area contributed by atoms with E-state index in [0.717, 1.165) is 190 Å². The van der Waals surface area contributed by atoms with Crippen LogP contribution < -0.4 is 42.5 Å². The normalized spacial score (nSPS) is 12.6. The van der Waals surface area contributed by atoms with E-state index in [2.05, 4.69) is 368 Å². The predicted molar refractivity (Wildman–Crippen MR) is 634 cm³/mol. The Morgan fingerprint density at radius 3 is 0.513 bits per heavy atom. The minimum Gasteiger partial charge on any atom is -0.507 e. The van der Waals surface area contributed by atoms with Gasteiger partial charge < -0.3 is 83.4 Å². The molecule has 0 bridgehead atoms. The second-order valence-electron chi connectivity index (χ2n) is 48.6. The third-order valence-corrected chi connectivity index (χ3v) is 28.3. The first-order valence-electron chi connectivity index (χ1n) is 53.1. The van der Waals surface area contributed by atoms with Crippen molar-refractivity contribution in [2.24, 2.45) is 0 Å². The molecule has 788 valence electrons. The summed E-state index contributed by atoms with van der Waals surface area (Å²) in [5, 5.41) is 125. The second-order valence-corrected chi connectivity index (χ2v) is 48.6. The van der Waals surface area contributed by atoms with E-state index >= 15 is 0 Å². The summed E-state index contributed by atoms with van der Waals surface area (Å²) in [6.45, 7) is 60.8. The molecule has 0 saturated carbocycles. The Balaban J connectivity index is 0.000000171. The molecule has 0 amide bonds. The highest BCUT2D eigenvalue weighted by atomic mass is 16.3. The number of benzene rings is 16. The van der Waals surface area contributed by atoms with E-state index in [0.29, 0.717) is 98.4 Å². The van der Waals surface area contributed by atoms with Crippen molar-refractivity contribution >= 4 is 65.8 Å². The Morgan fingerprint density at radius 2 is 0.340 bits per heavy atom. The maximum atomic E-state index is 11.2. The molecule has 0 saturated heterocycles. The highest BCUT2D eigenvalue weighted by Crippen LogP contribution is 2.50. The van der Waals surface area contributed by atoms with Gasteiger partial charge in [-0.2, -0.15) is 0 Å². The van der Waals surface area contributed by atoms with Crippen LogP contribution in [-0.4, -0.2) is 66.0 Å². The number of para-hydroxylation sites is 8. The molecule has 16 aromatic rings. The van der Waals surface area contributed by atoms with E-state index in [1.807, 2.05) is 146 Å². The molecule has 16 aromatic carbocycles. The van der Waals surface area contributed by atoms with E-state index in [1.54, 1.807) is 0 Å². The van der Waals surface area contributed by atoms with Gasteiger partial charge in [0.2, 0.25) is 0 Å². The molecule has 0 aliphatic rings. The fourth-order valence-corrected chi connectivity index (χ4v) is 19.8. The van der Waals surface area contributed by atoms with Crippen molar-refractivity contribution in [2.75, 3.05) is 34.4 Å². The van der Waals surface area contributed by atoms with Gasteiger partial charge in [0.25, 0.3) is 0 Å². The summed E-state index contributed by atoms with van der Waals surface area (Å²) in [6.07, 6.45) is 0. The van der Waals surface area contributed by atoms with Crippen LogP contribution in [0.3, 0.4) is 0 Å². The van der Waals surface area contributed by atoms with Crippen molar-refractivity contribution in [1.82, 2.24) is 21.3 Å². The quantitative estimate of drug-likeness (QED) is 0.0217. The van der Waals surface area contributed by atoms with Crippen molar-refractivity contribution in [3.05, 3.63) is 380 Å². The van der Waals surface area contributed by atoms with Crippen LogP contribution in [0.15, 0.2) is 291 Å². The van der Waals surface area contributed by atoms with Crippen LogP contribution in [0.1, 0.15) is 269 Å². The first-order chi connectivity index (χ1) is 70.7. The number of aromatic hydroxyl groups is 8. The predicted octanol–water partition coefficient (Wildman–Crippen LogP) is 31.7. The van der Waals surface area contributed by atoms with Gasteiger partial charge >= 0.3 is 0 Å². The van der Waals surface area contributed by atoms with Crippen molar-refractivity contribution in [1.29, 1.82) is 0 Å². The number of fused-ring (bicyclic) bond motifs is 4. The topological polar surface area (TPSA) is 258 Å². The Kier molecular flexibility index (Phi) is 35.8. The molecule has 16 N–H and O–H groups in total. The van der Waals surface area contributed by atoms with Crippen LogP contribution in [0.25, 0.3) is 65.3 Å². The number of rotatable bonds is 28. The number of hydrogen-bond donors (Lipinski definition) is 16. The highest BCUT2D eigenvalue weighted by Gasteiger charge is 2.31. The van der Waals surface area contributed by atoms with E-state index in [9.17, 15) is 40.9 Å². The first kappa shape index (κ1) is 113. The zero-order chi connectivity index (χ0) is 109. The second kappa shape index (κ2) is 47.5. The van der Waals surface area contributed by atoms with E-state index in [-0.39, 0.29) is 55.4 Å². The molecular formula is C134H164N8O8. The minimum absolute atomic E-state index is 0.0848. The van der Waals surface area contributed by atoms with Crippen molar-refractivity contribution < 1.29 is 40.9 Å². The summed E-state index contributed by atoms with van der Waals surface area (Å²) in [5.41, 5.74) is 22.0. The molecule has 0 fully saturated rings. The first-order valence-corrected chi connectivity index (χ1v) is 53.1. The summed E-state index contributed by atoms with van der Waals surface area (Å²) in [5.74, 6) is 2.91. The molecular weight excluding hydrogens is 1850 g/mol. The molecule has 0 aromatic heterocycles. The summed E-state index contributed by atoms with van der Waals surface area (Å²) in [6, 6.07) is 99.5. The molecule has 0 heterocycles. The summed E-state index contributed by atoms with van der Waals surface area (Å²) < 4.78 is 0. The lowest BCUT2D eigenvalue weighted by Crippen LogP contribution is -2.35. The Hall–Kier alpha value is -14.0. The molecule has 0 unspecified atom stereocenters. The van der Waals surface area contributed by atoms with Crippen LogP contribution in [0.4, 0.5) is 22.7 Å². The largest absolute Gasteiger partial charge is 0.507 e. The lowest BCUT2D eigenvalue weighted by molar-refractivity contribution is 0.427. The van der Waals surface area contributed by atoms with Gasteiger partial charge in [-0.25, -0.2) is 0 Å². The fraction of sp³-hybridized carbons (Fsp3) is 0.343. The molecule has 0 radical (unpaired) electrons. The van der Waals surface area contributed by atoms with Gasteiger partial charge in [-0.05, 0) is 169 Å². The average molecular weight is 2010 g/mol. The summed E-state index contributed by atoms with van der Waals surface area (Å²) >= 11 is 0. The number of phenolic OH excluding ortho intramolecular Hbond substituents is 8. The van der Waals surface area contributed by atoms with Crippen molar-refractivity contribution in [2.45, 2.75) is 288 Å². The molecule has 0 spiro atoms. The van der Waals surface area contributed by atoms with Crippen LogP contribution in [0.2, 0.25) is 0 Å². The maximum absolute atomic E-state index is 11.2. The van der Waals surface area contributed by atoms with Gasteiger partial charge in [-0.15, -0.1) is 0 Å². The highest BCUT2D eigenvalue weighted by molar-refractivity contribution is 6.15. The third kappa shape index (κ3) is 27.8. The van der Waals surface area contributed by atoms with Gasteiger partial charge in [0.15, 0.2) is 0 Å².